The van der Waals surface area contributed by atoms with E-state index < -0.39 is 10.0 Å². The lowest BCUT2D eigenvalue weighted by Crippen LogP contribution is -2.33. The van der Waals surface area contributed by atoms with Crippen LogP contribution < -0.4 is 4.74 Å². The van der Waals surface area contributed by atoms with E-state index in [4.69, 9.17) is 9.47 Å². The molecule has 2 aromatic rings. The predicted octanol–water partition coefficient (Wildman–Crippen LogP) is 3.03. The quantitative estimate of drug-likeness (QED) is 0.415. The van der Waals surface area contributed by atoms with Crippen molar-refractivity contribution in [3.63, 3.8) is 0 Å². The minimum absolute atomic E-state index is 0.0959. The summed E-state index contributed by atoms with van der Waals surface area (Å²) in [6.07, 6.45) is 2.09. The second-order valence-corrected chi connectivity index (χ2v) is 11.7. The molecule has 1 aliphatic rings. The van der Waals surface area contributed by atoms with Crippen molar-refractivity contribution in [1.29, 1.82) is 0 Å². The third kappa shape index (κ3) is 7.31. The predicted molar refractivity (Wildman–Crippen MR) is 146 cm³/mol. The van der Waals surface area contributed by atoms with Crippen LogP contribution in [0.25, 0.3) is 0 Å². The van der Waals surface area contributed by atoms with Crippen molar-refractivity contribution in [2.75, 3.05) is 60.6 Å². The van der Waals surface area contributed by atoms with Gasteiger partial charge in [-0.15, -0.1) is 0 Å². The van der Waals surface area contributed by atoms with Gasteiger partial charge in [0.25, 0.3) is 0 Å². The van der Waals surface area contributed by atoms with Crippen molar-refractivity contribution in [1.82, 2.24) is 14.1 Å². The van der Waals surface area contributed by atoms with Gasteiger partial charge in [-0.3, -0.25) is 4.79 Å². The second kappa shape index (κ2) is 12.9. The summed E-state index contributed by atoms with van der Waals surface area (Å²) in [6, 6.07) is 9.95. The zero-order valence-electron chi connectivity index (χ0n) is 23.0. The Balaban J connectivity index is 1.49. The molecule has 1 heterocycles. The highest BCUT2D eigenvalue weighted by Crippen LogP contribution is 2.27. The molecule has 9 heteroatoms. The van der Waals surface area contributed by atoms with Crippen LogP contribution in [0.1, 0.15) is 34.7 Å². The zero-order valence-corrected chi connectivity index (χ0v) is 23.9. The highest BCUT2D eigenvalue weighted by atomic mass is 32.2. The SMILES string of the molecule is CCN1CCc2ccc(CN(C)C(=O)COCCN(C)S(=O)(=O)c3c(C)cc(OC)cc3C)cc2CC1. The van der Waals surface area contributed by atoms with E-state index in [9.17, 15) is 13.2 Å². The number of likely N-dealkylation sites (N-methyl/N-ethyl adjacent to an activating group) is 3. The summed E-state index contributed by atoms with van der Waals surface area (Å²) in [4.78, 5) is 17.0. The van der Waals surface area contributed by atoms with Gasteiger partial charge in [-0.05, 0) is 73.2 Å². The second-order valence-electron chi connectivity index (χ2n) is 9.76. The van der Waals surface area contributed by atoms with Crippen LogP contribution in [-0.4, -0.2) is 89.0 Å². The molecule has 1 amide bonds. The maximum absolute atomic E-state index is 13.1. The van der Waals surface area contributed by atoms with Crippen molar-refractivity contribution in [3.8, 4) is 5.75 Å². The van der Waals surface area contributed by atoms with Gasteiger partial charge in [0, 0.05) is 40.3 Å². The monoisotopic (exact) mass is 531 g/mol. The molecule has 0 aliphatic carbocycles. The Labute approximate surface area is 222 Å². The zero-order chi connectivity index (χ0) is 27.2. The van der Waals surface area contributed by atoms with Gasteiger partial charge in [0.05, 0.1) is 18.6 Å². The number of carbonyl (C=O) groups is 1. The minimum atomic E-state index is -3.70. The van der Waals surface area contributed by atoms with Crippen LogP contribution in [0.3, 0.4) is 0 Å². The van der Waals surface area contributed by atoms with Crippen LogP contribution in [-0.2, 0) is 38.9 Å². The third-order valence-corrected chi connectivity index (χ3v) is 9.24. The Kier molecular flexibility index (Phi) is 10.1. The summed E-state index contributed by atoms with van der Waals surface area (Å²) in [5.74, 6) is 0.482. The molecular weight excluding hydrogens is 490 g/mol. The van der Waals surface area contributed by atoms with Gasteiger partial charge in [-0.25, -0.2) is 8.42 Å². The summed E-state index contributed by atoms with van der Waals surface area (Å²) in [6.45, 7) is 9.62. The standard InChI is InChI=1S/C28H41N3O5S/c1-7-31-12-10-24-9-8-23(18-25(24)11-13-31)19-29(4)27(32)20-36-15-14-30(5)37(33,34)28-21(2)16-26(35-6)17-22(28)3/h8-9,16-18H,7,10-15,19-20H2,1-6H3. The molecule has 0 unspecified atom stereocenters. The number of nitrogens with zero attached hydrogens (tertiary/aromatic N) is 3. The number of benzene rings is 2. The fraction of sp³-hybridized carbons (Fsp3) is 0.536. The topological polar surface area (TPSA) is 79.4 Å². The summed E-state index contributed by atoms with van der Waals surface area (Å²) < 4.78 is 38.3. The molecular formula is C28H41N3O5S. The molecule has 0 N–H and O–H groups in total. The summed E-state index contributed by atoms with van der Waals surface area (Å²) in [5.41, 5.74) is 5.13. The fourth-order valence-electron chi connectivity index (χ4n) is 4.78. The summed E-state index contributed by atoms with van der Waals surface area (Å²) in [5, 5.41) is 0. The van der Waals surface area contributed by atoms with Gasteiger partial charge in [0.15, 0.2) is 0 Å². The van der Waals surface area contributed by atoms with Crippen molar-refractivity contribution in [3.05, 3.63) is 58.1 Å². The Morgan fingerprint density at radius 3 is 2.30 bits per heavy atom. The van der Waals surface area contributed by atoms with E-state index in [0.29, 0.717) is 23.4 Å². The Morgan fingerprint density at radius 2 is 1.68 bits per heavy atom. The molecule has 8 nitrogen and oxygen atoms in total. The number of hydrogen-bond acceptors (Lipinski definition) is 6. The minimum Gasteiger partial charge on any atom is -0.497 e. The van der Waals surface area contributed by atoms with Crippen molar-refractivity contribution < 1.29 is 22.7 Å². The molecule has 0 bridgehead atoms. The molecule has 204 valence electrons. The first-order chi connectivity index (χ1) is 17.6. The van der Waals surface area contributed by atoms with Gasteiger partial charge >= 0.3 is 0 Å². The highest BCUT2D eigenvalue weighted by Gasteiger charge is 2.25. The Bertz CT molecular complexity index is 1180. The molecule has 0 saturated heterocycles. The third-order valence-electron chi connectivity index (χ3n) is 7.07. The summed E-state index contributed by atoms with van der Waals surface area (Å²) >= 11 is 0. The molecule has 0 spiro atoms. The molecule has 1 aliphatic heterocycles. The van der Waals surface area contributed by atoms with E-state index in [1.165, 1.54) is 22.5 Å². The highest BCUT2D eigenvalue weighted by molar-refractivity contribution is 7.89. The van der Waals surface area contributed by atoms with Crippen LogP contribution in [0.15, 0.2) is 35.2 Å². The Hall–Kier alpha value is -2.46. The first-order valence-corrected chi connectivity index (χ1v) is 14.3. The molecule has 0 aromatic heterocycles. The lowest BCUT2D eigenvalue weighted by Gasteiger charge is -2.21. The van der Waals surface area contributed by atoms with Crippen LogP contribution in [0.5, 0.6) is 5.75 Å². The number of amides is 1. The van der Waals surface area contributed by atoms with E-state index in [2.05, 4.69) is 30.0 Å². The molecule has 2 aromatic carbocycles. The first kappa shape index (κ1) is 29.1. The van der Waals surface area contributed by atoms with E-state index >= 15 is 0 Å². The van der Waals surface area contributed by atoms with Gasteiger partial charge in [0.1, 0.15) is 12.4 Å². The summed E-state index contributed by atoms with van der Waals surface area (Å²) in [7, 11) is 1.14. The molecule has 0 saturated carbocycles. The normalized spacial score (nSPS) is 14.4. The van der Waals surface area contributed by atoms with Crippen LogP contribution >= 0.6 is 0 Å². The lowest BCUT2D eigenvalue weighted by atomic mass is 10.00. The first-order valence-electron chi connectivity index (χ1n) is 12.8. The van der Waals surface area contributed by atoms with E-state index in [0.717, 1.165) is 38.0 Å². The average molecular weight is 532 g/mol. The van der Waals surface area contributed by atoms with Gasteiger partial charge in [-0.2, -0.15) is 4.31 Å². The van der Waals surface area contributed by atoms with Gasteiger partial charge in [-0.1, -0.05) is 25.1 Å². The maximum atomic E-state index is 13.1. The molecule has 3 rings (SSSR count). The van der Waals surface area contributed by atoms with E-state index in [-0.39, 0.29) is 30.6 Å². The molecule has 37 heavy (non-hydrogen) atoms. The number of sulfonamides is 1. The van der Waals surface area contributed by atoms with Crippen LogP contribution in [0.2, 0.25) is 0 Å². The smallest absolute Gasteiger partial charge is 0.248 e. The number of ether oxygens (including phenoxy) is 2. The van der Waals surface area contributed by atoms with Gasteiger partial charge < -0.3 is 19.3 Å². The molecule has 0 atom stereocenters. The van der Waals surface area contributed by atoms with Gasteiger partial charge in [0.2, 0.25) is 15.9 Å². The molecule has 0 fully saturated rings. The van der Waals surface area contributed by atoms with Crippen molar-refractivity contribution in [2.45, 2.75) is 45.1 Å². The van der Waals surface area contributed by atoms with Crippen molar-refractivity contribution >= 4 is 15.9 Å². The average Bonchev–Trinajstić information content (AvgIpc) is 3.07. The maximum Gasteiger partial charge on any atom is 0.248 e. The fourth-order valence-corrected chi connectivity index (χ4v) is 6.33. The van der Waals surface area contributed by atoms with E-state index in [1.54, 1.807) is 45.0 Å². The number of hydrogen-bond donors (Lipinski definition) is 0. The Morgan fingerprint density at radius 1 is 1.03 bits per heavy atom. The number of fused-ring (bicyclic) bond motifs is 1. The largest absolute Gasteiger partial charge is 0.497 e. The number of aryl methyl sites for hydroxylation is 2. The van der Waals surface area contributed by atoms with Crippen LogP contribution in [0, 0.1) is 13.8 Å². The molecule has 0 radical (unpaired) electrons. The van der Waals surface area contributed by atoms with Crippen molar-refractivity contribution in [2.24, 2.45) is 0 Å². The lowest BCUT2D eigenvalue weighted by molar-refractivity contribution is -0.135. The van der Waals surface area contributed by atoms with Crippen LogP contribution in [0.4, 0.5) is 0 Å². The van der Waals surface area contributed by atoms with E-state index in [1.807, 2.05) is 0 Å². The number of methoxy groups -OCH3 is 1. The number of carbonyl (C=O) groups excluding carboxylic acids is 1. The number of rotatable bonds is 11.